The first-order chi connectivity index (χ1) is 27.2. The van der Waals surface area contributed by atoms with Gasteiger partial charge in [-0.2, -0.15) is 16.8 Å². The van der Waals surface area contributed by atoms with Gasteiger partial charge in [-0.15, -0.1) is 0 Å². The van der Waals surface area contributed by atoms with Gasteiger partial charge < -0.3 is 28.7 Å². The maximum Gasteiger partial charge on any atom is 0.342 e. The number of aliphatic carboxylic acids is 1. The van der Waals surface area contributed by atoms with Crippen molar-refractivity contribution in [1.29, 1.82) is 5.41 Å². The Hall–Kier alpha value is -5.76. The van der Waals surface area contributed by atoms with Gasteiger partial charge in [0.1, 0.15) is 32.8 Å². The van der Waals surface area contributed by atoms with Gasteiger partial charge in [0.25, 0.3) is 5.97 Å². The number of benzene rings is 4. The van der Waals surface area contributed by atoms with Crippen molar-refractivity contribution in [3.05, 3.63) is 94.0 Å². The minimum Gasteiger partial charge on any atom is -0.495 e. The van der Waals surface area contributed by atoms with Crippen LogP contribution in [-0.2, 0) is 25.0 Å². The third-order valence-corrected chi connectivity index (χ3v) is 9.92. The summed E-state index contributed by atoms with van der Waals surface area (Å²) in [5.74, 6) is -1.33. The molecule has 0 fully saturated rings. The normalized spacial score (nSPS) is 11.7. The number of hydrazine groups is 2. The van der Waals surface area contributed by atoms with E-state index < -0.39 is 32.2 Å². The van der Waals surface area contributed by atoms with Crippen LogP contribution in [0.25, 0.3) is 0 Å². The number of ether oxygens (including phenoxy) is 2. The Bertz CT molecular complexity index is 2270. The molecule has 0 radical (unpaired) electrons. The molecule has 4 aromatic rings. The van der Waals surface area contributed by atoms with E-state index in [4.69, 9.17) is 71.8 Å². The molecule has 0 atom stereocenters. The molecule has 4 N–H and O–H groups in total. The number of guanidine groups is 1. The van der Waals surface area contributed by atoms with Gasteiger partial charge in [0.2, 0.25) is 29.0 Å². The standard InChI is InChI=1S/C35H39Cl2N5O10S2.C2H4O2/c1-7-13-40(49-27-15-23(3)17-29(21-27)51-53(43,44)33-19-25(36)9-11-31(33)47-5)42(35(38)39)41(14-8-2)50-28-16-24(4)18-30(22-28)52-54(45,46)34-20-26(37)10-12-32(34)48-6;1-2(3)4/h9-22H,7-8H2,1-6H3,(H3,38,39);1H3,(H,3,4)/q+2;. The Labute approximate surface area is 346 Å². The van der Waals surface area contributed by atoms with E-state index in [9.17, 15) is 16.8 Å². The van der Waals surface area contributed by atoms with Crippen LogP contribution in [-0.4, -0.2) is 75.3 Å². The lowest BCUT2D eigenvalue weighted by molar-refractivity contribution is -1.06. The molecule has 0 unspecified atom stereocenters. The molecule has 312 valence electrons. The molecule has 0 aromatic heterocycles. The van der Waals surface area contributed by atoms with Gasteiger partial charge in [-0.25, -0.2) is 9.68 Å². The van der Waals surface area contributed by atoms with E-state index in [0.29, 0.717) is 24.0 Å². The molecule has 4 aromatic carbocycles. The summed E-state index contributed by atoms with van der Waals surface area (Å²) < 4.78 is 74.5. The SMILES string of the molecule is CC(=O)O.CCC=[N+](Oc1cc(C)cc(OS(=O)(=O)c2cc(Cl)ccc2OC)c1)N(C(=N)N)[N+](=CCC)Oc1cc(C)cc(OS(=O)(=O)c2cc(Cl)ccc2OC)c1. The molecule has 0 amide bonds. The van der Waals surface area contributed by atoms with Crippen LogP contribution in [0.2, 0.25) is 10.0 Å². The lowest BCUT2D eigenvalue weighted by atomic mass is 10.2. The van der Waals surface area contributed by atoms with Crippen molar-refractivity contribution in [1.82, 2.24) is 5.12 Å². The fourth-order valence-electron chi connectivity index (χ4n) is 4.80. The van der Waals surface area contributed by atoms with Crippen molar-refractivity contribution < 1.29 is 63.9 Å². The van der Waals surface area contributed by atoms with E-state index in [1.165, 1.54) is 87.3 Å². The van der Waals surface area contributed by atoms with Gasteiger partial charge in [0, 0.05) is 41.9 Å². The van der Waals surface area contributed by atoms with Crippen LogP contribution in [0.3, 0.4) is 0 Å². The highest BCUT2D eigenvalue weighted by Crippen LogP contribution is 2.33. The van der Waals surface area contributed by atoms with Crippen molar-refractivity contribution in [3.63, 3.8) is 0 Å². The minimum absolute atomic E-state index is 0.0341. The quantitative estimate of drug-likeness (QED) is 0.0357. The van der Waals surface area contributed by atoms with Crippen LogP contribution in [0, 0.1) is 19.3 Å². The highest BCUT2D eigenvalue weighted by Gasteiger charge is 2.38. The Kier molecular flexibility index (Phi) is 16.6. The fourth-order valence-corrected chi connectivity index (χ4v) is 7.49. The van der Waals surface area contributed by atoms with Gasteiger partial charge >= 0.3 is 26.2 Å². The summed E-state index contributed by atoms with van der Waals surface area (Å²) in [5.41, 5.74) is 7.20. The Morgan fingerprint density at radius 3 is 1.38 bits per heavy atom. The molecule has 0 spiro atoms. The van der Waals surface area contributed by atoms with Crippen molar-refractivity contribution in [2.24, 2.45) is 5.73 Å². The van der Waals surface area contributed by atoms with E-state index in [1.807, 2.05) is 0 Å². The third-order valence-electron chi connectivity index (χ3n) is 6.91. The molecule has 4 rings (SSSR count). The average Bonchev–Trinajstić information content (AvgIpc) is 3.10. The average molecular weight is 885 g/mol. The molecule has 0 aliphatic heterocycles. The van der Waals surface area contributed by atoms with Crippen LogP contribution in [0.1, 0.15) is 44.7 Å². The van der Waals surface area contributed by atoms with E-state index in [1.54, 1.807) is 39.8 Å². The summed E-state index contributed by atoms with van der Waals surface area (Å²) in [5, 5.41) is 17.2. The van der Waals surface area contributed by atoms with Crippen molar-refractivity contribution >= 4 is 67.8 Å². The number of halogens is 2. The molecular weight excluding hydrogens is 841 g/mol. The largest absolute Gasteiger partial charge is 0.495 e. The lowest BCUT2D eigenvalue weighted by Crippen LogP contribution is -2.53. The van der Waals surface area contributed by atoms with E-state index in [0.717, 1.165) is 21.7 Å². The van der Waals surface area contributed by atoms with Gasteiger partial charge in [-0.1, -0.05) is 37.0 Å². The number of hydrogen-bond acceptors (Lipinski definition) is 12. The molecular formula is C37H43Cl2N5O12S2+2. The molecule has 0 saturated carbocycles. The third kappa shape index (κ3) is 13.2. The number of rotatable bonds is 16. The number of aryl methyl sites for hydroxylation is 2. The van der Waals surface area contributed by atoms with Crippen molar-refractivity contribution in [2.45, 2.75) is 57.3 Å². The van der Waals surface area contributed by atoms with Crippen LogP contribution < -0.4 is 33.2 Å². The van der Waals surface area contributed by atoms with Crippen LogP contribution in [0.4, 0.5) is 0 Å². The number of methoxy groups -OCH3 is 2. The second-order valence-electron chi connectivity index (χ2n) is 11.8. The zero-order valence-corrected chi connectivity index (χ0v) is 35.6. The first kappa shape index (κ1) is 46.6. The summed E-state index contributed by atoms with van der Waals surface area (Å²) in [6.07, 6.45) is 3.81. The van der Waals surface area contributed by atoms with E-state index in [2.05, 4.69) is 0 Å². The maximum absolute atomic E-state index is 13.3. The summed E-state index contributed by atoms with van der Waals surface area (Å²) in [4.78, 5) is 22.9. The molecule has 0 heterocycles. The summed E-state index contributed by atoms with van der Waals surface area (Å²) in [7, 11) is -6.20. The van der Waals surface area contributed by atoms with Crippen LogP contribution in [0.15, 0.2) is 82.6 Å². The second kappa shape index (κ2) is 20.6. The Morgan fingerprint density at radius 2 is 1.07 bits per heavy atom. The van der Waals surface area contributed by atoms with Gasteiger partial charge in [-0.05, 0) is 85.6 Å². The number of hydrazone groups is 2. The molecule has 0 aliphatic carbocycles. The number of carbonyl (C=O) groups is 1. The highest BCUT2D eigenvalue weighted by atomic mass is 35.5. The highest BCUT2D eigenvalue weighted by molar-refractivity contribution is 7.87. The summed E-state index contributed by atoms with van der Waals surface area (Å²) in [6, 6.07) is 17.0. The van der Waals surface area contributed by atoms with Crippen molar-refractivity contribution in [3.8, 4) is 34.5 Å². The molecule has 58 heavy (non-hydrogen) atoms. The summed E-state index contributed by atoms with van der Waals surface area (Å²) >= 11 is 12.1. The number of hydrogen-bond donors (Lipinski definition) is 3. The smallest absolute Gasteiger partial charge is 0.342 e. The molecule has 21 heteroatoms. The topological polar surface area (TPSA) is 220 Å². The lowest BCUT2D eigenvalue weighted by Gasteiger charge is -2.14. The maximum atomic E-state index is 13.3. The van der Waals surface area contributed by atoms with Gasteiger partial charge in [0.05, 0.1) is 14.2 Å². The Morgan fingerprint density at radius 1 is 0.724 bits per heavy atom. The predicted molar refractivity (Wildman–Crippen MR) is 216 cm³/mol. The van der Waals surface area contributed by atoms with Crippen molar-refractivity contribution in [2.75, 3.05) is 14.2 Å². The van der Waals surface area contributed by atoms with E-state index >= 15 is 0 Å². The molecule has 17 nitrogen and oxygen atoms in total. The van der Waals surface area contributed by atoms with E-state index in [-0.39, 0.29) is 54.3 Å². The first-order valence-electron chi connectivity index (χ1n) is 17.0. The molecule has 0 aliphatic rings. The predicted octanol–water partition coefficient (Wildman–Crippen LogP) is 6.55. The van der Waals surface area contributed by atoms with Crippen LogP contribution in [0.5, 0.6) is 34.5 Å². The molecule has 0 saturated heterocycles. The summed E-state index contributed by atoms with van der Waals surface area (Å²) in [6.45, 7) is 8.09. The van der Waals surface area contributed by atoms with Crippen LogP contribution >= 0.6 is 23.2 Å². The zero-order chi connectivity index (χ0) is 43.4. The minimum atomic E-state index is -4.42. The number of nitrogens with two attached hydrogens (primary N) is 1. The zero-order valence-electron chi connectivity index (χ0n) is 32.4. The number of nitrogens with one attached hydrogen (secondary N) is 1. The fraction of sp³-hybridized carbons (Fsp3) is 0.243. The number of carboxylic acids is 1. The molecule has 0 bridgehead atoms. The monoisotopic (exact) mass is 883 g/mol. The number of carboxylic acid groups (broad SMARTS) is 1. The van der Waals surface area contributed by atoms with Gasteiger partial charge in [-0.3, -0.25) is 10.2 Å². The number of nitrogens with zero attached hydrogens (tertiary/aromatic N) is 3. The second-order valence-corrected chi connectivity index (χ2v) is 15.7. The first-order valence-corrected chi connectivity index (χ1v) is 20.5. The van der Waals surface area contributed by atoms with Gasteiger partial charge in [0.15, 0.2) is 9.70 Å². The Balaban J connectivity index is 0.00000215.